The summed E-state index contributed by atoms with van der Waals surface area (Å²) in [7, 11) is 4.57. The number of benzene rings is 1. The van der Waals surface area contributed by atoms with Crippen molar-refractivity contribution in [2.45, 2.75) is 11.7 Å². The molecule has 1 atom stereocenters. The van der Waals surface area contributed by atoms with Crippen molar-refractivity contribution in [3.8, 4) is 5.75 Å². The molecular formula is C15H18N4O4S. The number of thioether (sulfide) groups is 1. The number of likely N-dealkylation sites (N-methyl/N-ethyl adjacent to an activating group) is 1. The molecule has 0 saturated carbocycles. The van der Waals surface area contributed by atoms with E-state index in [1.807, 2.05) is 12.1 Å². The Bertz CT molecular complexity index is 700. The van der Waals surface area contributed by atoms with Crippen molar-refractivity contribution in [2.75, 3.05) is 21.2 Å². The van der Waals surface area contributed by atoms with E-state index >= 15 is 0 Å². The second-order valence-electron chi connectivity index (χ2n) is 4.89. The van der Waals surface area contributed by atoms with Gasteiger partial charge in [-0.2, -0.15) is 0 Å². The predicted octanol–water partition coefficient (Wildman–Crippen LogP) is 1.68. The molecule has 0 aliphatic carbocycles. The highest BCUT2D eigenvalue weighted by atomic mass is 32.2. The van der Waals surface area contributed by atoms with Gasteiger partial charge in [-0.1, -0.05) is 23.9 Å². The lowest BCUT2D eigenvalue weighted by atomic mass is 10.1. The molecule has 2 rings (SSSR count). The van der Waals surface area contributed by atoms with Crippen LogP contribution in [0.3, 0.4) is 0 Å². The fourth-order valence-corrected chi connectivity index (χ4v) is 3.56. The third-order valence-corrected chi connectivity index (χ3v) is 4.71. The van der Waals surface area contributed by atoms with Gasteiger partial charge in [0, 0.05) is 25.8 Å². The Morgan fingerprint density at radius 3 is 2.62 bits per heavy atom. The number of carbonyl (C=O) groups is 1. The first-order valence-electron chi connectivity index (χ1n) is 7.14. The molecule has 0 bridgehead atoms. The molecule has 8 nitrogen and oxygen atoms in total. The van der Waals surface area contributed by atoms with Crippen molar-refractivity contribution >= 4 is 23.5 Å². The summed E-state index contributed by atoms with van der Waals surface area (Å²) in [6, 6.07) is 7.30. The number of rotatable bonds is 4. The van der Waals surface area contributed by atoms with Crippen LogP contribution in [-0.2, 0) is 4.79 Å². The van der Waals surface area contributed by atoms with Crippen molar-refractivity contribution in [1.29, 1.82) is 0 Å². The Morgan fingerprint density at radius 1 is 1.46 bits per heavy atom. The number of carbonyl (C=O) groups excluding carboxylic acids is 1. The van der Waals surface area contributed by atoms with Crippen molar-refractivity contribution in [3.63, 3.8) is 0 Å². The minimum absolute atomic E-state index is 0.109. The van der Waals surface area contributed by atoms with Crippen molar-refractivity contribution in [2.24, 2.45) is 4.99 Å². The fourth-order valence-electron chi connectivity index (χ4n) is 2.29. The number of hydrogen-bond donors (Lipinski definition) is 2. The van der Waals surface area contributed by atoms with Crippen LogP contribution in [0.4, 0.5) is 0 Å². The van der Waals surface area contributed by atoms with Gasteiger partial charge in [0.1, 0.15) is 5.75 Å². The lowest BCUT2D eigenvalue weighted by molar-refractivity contribution is -0.416. The lowest BCUT2D eigenvalue weighted by Gasteiger charge is -2.24. The van der Waals surface area contributed by atoms with E-state index in [0.29, 0.717) is 5.75 Å². The maximum atomic E-state index is 12.0. The molecule has 0 aromatic heterocycles. The summed E-state index contributed by atoms with van der Waals surface area (Å²) in [5, 5.41) is 16.7. The van der Waals surface area contributed by atoms with Gasteiger partial charge in [-0.05, 0) is 17.7 Å². The number of methoxy groups -OCH3 is 1. The SMILES string of the molecule is CN=C(NC)/C(=C1\NC(=O)CC(c2ccc(OC)cc2)S1)[N+](=O)[O-]. The van der Waals surface area contributed by atoms with Crippen LogP contribution < -0.4 is 15.4 Å². The zero-order valence-electron chi connectivity index (χ0n) is 13.5. The Morgan fingerprint density at radius 2 is 2.12 bits per heavy atom. The zero-order chi connectivity index (χ0) is 17.7. The van der Waals surface area contributed by atoms with E-state index in [2.05, 4.69) is 15.6 Å². The largest absolute Gasteiger partial charge is 0.497 e. The van der Waals surface area contributed by atoms with E-state index in [4.69, 9.17) is 4.74 Å². The molecule has 1 aliphatic rings. The standard InChI is InChI=1S/C15H18N4O4S/c1-16-14(17-2)13(19(21)22)15-18-12(20)8-11(24-15)9-4-6-10(23-3)7-5-9/h4-7,11H,8H2,1-3H3,(H,16,17)(H,18,20)/b15-13-. The molecule has 1 amide bonds. The van der Waals surface area contributed by atoms with E-state index < -0.39 is 4.92 Å². The van der Waals surface area contributed by atoms with Crippen LogP contribution in [0.5, 0.6) is 5.75 Å². The Balaban J connectivity index is 2.39. The monoisotopic (exact) mass is 350 g/mol. The molecule has 0 radical (unpaired) electrons. The second-order valence-corrected chi connectivity index (χ2v) is 6.10. The second kappa shape index (κ2) is 7.82. The summed E-state index contributed by atoms with van der Waals surface area (Å²) in [5.74, 6) is 0.551. The molecule has 1 aromatic rings. The summed E-state index contributed by atoms with van der Waals surface area (Å²) in [4.78, 5) is 26.8. The highest BCUT2D eigenvalue weighted by Crippen LogP contribution is 2.41. The molecule has 2 N–H and O–H groups in total. The number of ether oxygens (including phenoxy) is 1. The van der Waals surface area contributed by atoms with Crippen LogP contribution in [0, 0.1) is 10.1 Å². The van der Waals surface area contributed by atoms with Crippen LogP contribution in [-0.4, -0.2) is 37.9 Å². The topological polar surface area (TPSA) is 106 Å². The molecule has 1 aromatic carbocycles. The molecule has 1 aliphatic heterocycles. The normalized spacial score (nSPS) is 20.2. The number of nitrogens with zero attached hydrogens (tertiary/aromatic N) is 2. The zero-order valence-corrected chi connectivity index (χ0v) is 14.3. The Labute approximate surface area is 143 Å². The molecule has 1 saturated heterocycles. The molecule has 1 fully saturated rings. The maximum Gasteiger partial charge on any atom is 0.340 e. The van der Waals surface area contributed by atoms with E-state index in [1.165, 1.54) is 18.8 Å². The van der Waals surface area contributed by atoms with E-state index in [-0.39, 0.29) is 34.1 Å². The molecule has 1 unspecified atom stereocenters. The maximum absolute atomic E-state index is 12.0. The first-order valence-corrected chi connectivity index (χ1v) is 8.02. The molecule has 128 valence electrons. The van der Waals surface area contributed by atoms with Crippen LogP contribution in [0.25, 0.3) is 0 Å². The average Bonchev–Trinajstić information content (AvgIpc) is 2.58. The molecule has 9 heteroatoms. The number of hydrogen-bond acceptors (Lipinski definition) is 6. The van der Waals surface area contributed by atoms with Gasteiger partial charge >= 0.3 is 5.70 Å². The van der Waals surface area contributed by atoms with Gasteiger partial charge in [0.25, 0.3) is 0 Å². The van der Waals surface area contributed by atoms with Crippen LogP contribution >= 0.6 is 11.8 Å². The minimum atomic E-state index is -0.544. The Kier molecular flexibility index (Phi) is 5.80. The first-order chi connectivity index (χ1) is 11.5. The van der Waals surface area contributed by atoms with Gasteiger partial charge in [-0.25, -0.2) is 0 Å². The van der Waals surface area contributed by atoms with Crippen LogP contribution in [0.2, 0.25) is 0 Å². The predicted molar refractivity (Wildman–Crippen MR) is 92.5 cm³/mol. The summed E-state index contributed by atoms with van der Waals surface area (Å²) in [6.07, 6.45) is 0.240. The molecule has 1 heterocycles. The average molecular weight is 350 g/mol. The number of amides is 1. The number of amidine groups is 1. The van der Waals surface area contributed by atoms with Crippen molar-refractivity contribution < 1.29 is 14.5 Å². The number of nitrogens with one attached hydrogen (secondary N) is 2. The molecule has 24 heavy (non-hydrogen) atoms. The van der Waals surface area contributed by atoms with Crippen LogP contribution in [0.1, 0.15) is 17.2 Å². The van der Waals surface area contributed by atoms with Gasteiger partial charge < -0.3 is 15.4 Å². The summed E-state index contributed by atoms with van der Waals surface area (Å²) >= 11 is 1.24. The van der Waals surface area contributed by atoms with Crippen molar-refractivity contribution in [3.05, 3.63) is 50.7 Å². The third kappa shape index (κ3) is 3.85. The third-order valence-electron chi connectivity index (χ3n) is 3.45. The summed E-state index contributed by atoms with van der Waals surface area (Å²) in [5.41, 5.74) is 0.659. The van der Waals surface area contributed by atoms with Gasteiger partial charge in [0.2, 0.25) is 11.7 Å². The highest BCUT2D eigenvalue weighted by Gasteiger charge is 2.33. The highest BCUT2D eigenvalue weighted by molar-refractivity contribution is 8.03. The summed E-state index contributed by atoms with van der Waals surface area (Å²) in [6.45, 7) is 0. The van der Waals surface area contributed by atoms with E-state index in [1.54, 1.807) is 26.3 Å². The fraction of sp³-hybridized carbons (Fsp3) is 0.333. The van der Waals surface area contributed by atoms with Gasteiger partial charge in [0.05, 0.1) is 12.0 Å². The molecule has 0 spiro atoms. The van der Waals surface area contributed by atoms with Gasteiger partial charge in [-0.15, -0.1) is 0 Å². The van der Waals surface area contributed by atoms with Gasteiger partial charge in [-0.3, -0.25) is 19.9 Å². The van der Waals surface area contributed by atoms with Crippen LogP contribution in [0.15, 0.2) is 40.0 Å². The molecular weight excluding hydrogens is 332 g/mol. The van der Waals surface area contributed by atoms with E-state index in [9.17, 15) is 14.9 Å². The summed E-state index contributed by atoms with van der Waals surface area (Å²) < 4.78 is 5.12. The number of aliphatic imine (C=N–C) groups is 1. The van der Waals surface area contributed by atoms with Gasteiger partial charge in [0.15, 0.2) is 5.03 Å². The van der Waals surface area contributed by atoms with E-state index in [0.717, 1.165) is 5.56 Å². The quantitative estimate of drug-likeness (QED) is 0.370. The minimum Gasteiger partial charge on any atom is -0.497 e. The first kappa shape index (κ1) is 17.8. The lowest BCUT2D eigenvalue weighted by Crippen LogP contribution is -2.34. The smallest absolute Gasteiger partial charge is 0.340 e. The number of nitro groups is 1. The van der Waals surface area contributed by atoms with Crippen molar-refractivity contribution in [1.82, 2.24) is 10.6 Å². The Hall–Kier alpha value is -2.55.